The van der Waals surface area contributed by atoms with Gasteiger partial charge in [0.05, 0.1) is 0 Å². The third-order valence-electron chi connectivity index (χ3n) is 11.7. The second-order valence-electron chi connectivity index (χ2n) is 14.8. The number of fused-ring (bicyclic) bond motifs is 2. The van der Waals surface area contributed by atoms with Crippen LogP contribution < -0.4 is 0 Å². The summed E-state index contributed by atoms with van der Waals surface area (Å²) >= 11 is 0. The van der Waals surface area contributed by atoms with Gasteiger partial charge in [-0.05, 0) is 148 Å². The van der Waals surface area contributed by atoms with Crippen LogP contribution in [0.4, 0.5) is 0 Å². The second-order valence-corrected chi connectivity index (χ2v) is 14.8. The summed E-state index contributed by atoms with van der Waals surface area (Å²) in [4.78, 5) is 0. The van der Waals surface area contributed by atoms with Crippen LogP contribution in [0.25, 0.3) is 0 Å². The van der Waals surface area contributed by atoms with Gasteiger partial charge in [-0.25, -0.2) is 0 Å². The van der Waals surface area contributed by atoms with Crippen LogP contribution in [0.1, 0.15) is 139 Å². The lowest BCUT2D eigenvalue weighted by atomic mass is 9.80. The van der Waals surface area contributed by atoms with Crippen molar-refractivity contribution in [1.29, 1.82) is 0 Å². The van der Waals surface area contributed by atoms with Crippen molar-refractivity contribution in [3.63, 3.8) is 0 Å². The van der Waals surface area contributed by atoms with Gasteiger partial charge < -0.3 is 0 Å². The zero-order valence-corrected chi connectivity index (χ0v) is 23.7. The average Bonchev–Trinajstić information content (AvgIpc) is 3.79. The summed E-state index contributed by atoms with van der Waals surface area (Å²) in [7, 11) is 0. The fourth-order valence-electron chi connectivity index (χ4n) is 9.30. The van der Waals surface area contributed by atoms with E-state index in [-0.39, 0.29) is 0 Å². The average molecular weight is 489 g/mol. The molecule has 36 heavy (non-hydrogen) atoms. The summed E-state index contributed by atoms with van der Waals surface area (Å²) in [5.74, 6) is 8.67. The van der Waals surface area contributed by atoms with E-state index in [1.165, 1.54) is 96.3 Å². The molecule has 0 heteroatoms. The molecular weight excluding hydrogens is 432 g/mol. The molecule has 0 saturated heterocycles. The molecule has 0 radical (unpaired) electrons. The van der Waals surface area contributed by atoms with E-state index in [4.69, 9.17) is 0 Å². The van der Waals surface area contributed by atoms with Crippen molar-refractivity contribution in [3.05, 3.63) is 34.9 Å². The minimum Gasteiger partial charge on any atom is -0.0625 e. The van der Waals surface area contributed by atoms with Crippen LogP contribution in [-0.2, 0) is 19.3 Å². The van der Waals surface area contributed by atoms with E-state index >= 15 is 0 Å². The van der Waals surface area contributed by atoms with Gasteiger partial charge in [-0.1, -0.05) is 76.5 Å². The molecule has 0 spiro atoms. The van der Waals surface area contributed by atoms with E-state index in [1.807, 2.05) is 0 Å². The maximum absolute atomic E-state index is 2.63. The summed E-state index contributed by atoms with van der Waals surface area (Å²) < 4.78 is 0. The summed E-state index contributed by atoms with van der Waals surface area (Å²) in [6.45, 7) is 2.48. The van der Waals surface area contributed by atoms with E-state index in [9.17, 15) is 0 Å². The fourth-order valence-corrected chi connectivity index (χ4v) is 9.30. The molecule has 0 heterocycles. The molecule has 200 valence electrons. The molecule has 0 nitrogen and oxygen atoms in total. The van der Waals surface area contributed by atoms with Gasteiger partial charge in [-0.2, -0.15) is 0 Å². The summed E-state index contributed by atoms with van der Waals surface area (Å²) in [6.07, 6.45) is 31.1. The highest BCUT2D eigenvalue weighted by Crippen LogP contribution is 2.53. The molecular formula is C36H56. The molecule has 6 rings (SSSR count). The molecule has 0 amide bonds. The highest BCUT2D eigenvalue weighted by molar-refractivity contribution is 5.31. The Bertz CT molecular complexity index is 740. The van der Waals surface area contributed by atoms with Gasteiger partial charge in [0.2, 0.25) is 0 Å². The number of benzene rings is 1. The highest BCUT2D eigenvalue weighted by atomic mass is 14.5. The normalized spacial score (nSPS) is 37.2. The van der Waals surface area contributed by atoms with Crippen LogP contribution >= 0.6 is 0 Å². The number of hydrogen-bond donors (Lipinski definition) is 0. The van der Waals surface area contributed by atoms with E-state index in [1.54, 1.807) is 55.2 Å². The lowest BCUT2D eigenvalue weighted by molar-refractivity contribution is 0.266. The van der Waals surface area contributed by atoms with Crippen LogP contribution in [0.3, 0.4) is 0 Å². The minimum absolute atomic E-state index is 0.976. The van der Waals surface area contributed by atoms with Crippen LogP contribution in [0.2, 0.25) is 0 Å². The quantitative estimate of drug-likeness (QED) is 0.274. The number of aryl methyl sites for hydroxylation is 3. The van der Waals surface area contributed by atoms with Crippen molar-refractivity contribution in [1.82, 2.24) is 0 Å². The third kappa shape index (κ3) is 7.20. The molecule has 1 aromatic carbocycles. The molecule has 0 bridgehead atoms. The van der Waals surface area contributed by atoms with Crippen molar-refractivity contribution in [2.75, 3.05) is 0 Å². The Hall–Kier alpha value is -0.780. The van der Waals surface area contributed by atoms with Crippen molar-refractivity contribution in [2.24, 2.45) is 47.3 Å². The second kappa shape index (κ2) is 11.9. The largest absolute Gasteiger partial charge is 0.0625 e. The van der Waals surface area contributed by atoms with Gasteiger partial charge in [0.25, 0.3) is 0 Å². The Morgan fingerprint density at radius 3 is 1.42 bits per heavy atom. The summed E-state index contributed by atoms with van der Waals surface area (Å²) in [5, 5.41) is 0. The molecule has 8 unspecified atom stereocenters. The SMILES string of the molecule is CC1CCCC(CCCc2cc(CCCC3CCC4CC4C3)cc(CCCC3CCC4CC4C3)c2)C1. The Morgan fingerprint density at radius 2 is 0.972 bits per heavy atom. The van der Waals surface area contributed by atoms with E-state index in [2.05, 4.69) is 25.1 Å². The Morgan fingerprint density at radius 1 is 0.500 bits per heavy atom. The van der Waals surface area contributed by atoms with Crippen LogP contribution in [0.5, 0.6) is 0 Å². The van der Waals surface area contributed by atoms with Crippen molar-refractivity contribution in [3.8, 4) is 0 Å². The maximum atomic E-state index is 2.63. The lowest BCUT2D eigenvalue weighted by Gasteiger charge is -2.26. The van der Waals surface area contributed by atoms with E-state index < -0.39 is 0 Å². The monoisotopic (exact) mass is 488 g/mol. The number of rotatable bonds is 12. The van der Waals surface area contributed by atoms with Gasteiger partial charge in [-0.15, -0.1) is 0 Å². The molecule has 5 saturated carbocycles. The highest BCUT2D eigenvalue weighted by Gasteiger charge is 2.42. The Labute approximate surface area is 223 Å². The summed E-state index contributed by atoms with van der Waals surface area (Å²) in [6, 6.07) is 7.88. The first-order chi connectivity index (χ1) is 17.7. The molecule has 5 aliphatic rings. The van der Waals surface area contributed by atoms with Crippen molar-refractivity contribution < 1.29 is 0 Å². The van der Waals surface area contributed by atoms with Crippen molar-refractivity contribution in [2.45, 2.75) is 142 Å². The number of hydrogen-bond acceptors (Lipinski definition) is 0. The fraction of sp³-hybridized carbons (Fsp3) is 0.833. The smallest absolute Gasteiger partial charge is 0.0279 e. The van der Waals surface area contributed by atoms with Gasteiger partial charge in [0.15, 0.2) is 0 Å². The first-order valence-electron chi connectivity index (χ1n) is 16.8. The van der Waals surface area contributed by atoms with Gasteiger partial charge >= 0.3 is 0 Å². The van der Waals surface area contributed by atoms with Crippen LogP contribution in [0.15, 0.2) is 18.2 Å². The van der Waals surface area contributed by atoms with Crippen molar-refractivity contribution >= 4 is 0 Å². The summed E-state index contributed by atoms with van der Waals surface area (Å²) in [5.41, 5.74) is 5.02. The maximum Gasteiger partial charge on any atom is -0.0279 e. The standard InChI is InChI=1S/C36H56/c1-26-6-2-7-27(18-26)8-3-11-30-19-31(12-4-9-28-14-16-33-24-35(33)22-28)21-32(20-30)13-5-10-29-15-17-34-25-36(34)23-29/h19-21,26-29,33-36H,2-18,22-25H2,1H3. The first kappa shape index (κ1) is 25.5. The van der Waals surface area contributed by atoms with Crippen LogP contribution in [0, 0.1) is 47.3 Å². The molecule has 0 aromatic heterocycles. The third-order valence-corrected chi connectivity index (χ3v) is 11.7. The topological polar surface area (TPSA) is 0 Å². The predicted molar refractivity (Wildman–Crippen MR) is 154 cm³/mol. The van der Waals surface area contributed by atoms with Gasteiger partial charge in [-0.3, -0.25) is 0 Å². The van der Waals surface area contributed by atoms with Gasteiger partial charge in [0.1, 0.15) is 0 Å². The molecule has 8 atom stereocenters. The molecule has 5 fully saturated rings. The lowest BCUT2D eigenvalue weighted by Crippen LogP contribution is -2.13. The Kier molecular flexibility index (Phi) is 8.46. The molecule has 1 aromatic rings. The minimum atomic E-state index is 0.976. The molecule has 0 aliphatic heterocycles. The molecule has 5 aliphatic carbocycles. The Balaban J connectivity index is 1.00. The zero-order valence-electron chi connectivity index (χ0n) is 23.7. The van der Waals surface area contributed by atoms with E-state index in [0.29, 0.717) is 0 Å². The zero-order chi connectivity index (χ0) is 24.3. The van der Waals surface area contributed by atoms with E-state index in [0.717, 1.165) is 47.3 Å². The molecule has 0 N–H and O–H groups in total. The van der Waals surface area contributed by atoms with Gasteiger partial charge in [0, 0.05) is 0 Å². The first-order valence-corrected chi connectivity index (χ1v) is 16.8. The van der Waals surface area contributed by atoms with Crippen LogP contribution in [-0.4, -0.2) is 0 Å². The predicted octanol–water partition coefficient (Wildman–Crippen LogP) is 10.4.